The molecule has 29 heavy (non-hydrogen) atoms. The van der Waals surface area contributed by atoms with Gasteiger partial charge in [0.1, 0.15) is 12.4 Å². The lowest BCUT2D eigenvalue weighted by Crippen LogP contribution is -2.38. The molecule has 1 aromatic carbocycles. The molecule has 1 aliphatic heterocycles. The molecule has 0 aliphatic carbocycles. The van der Waals surface area contributed by atoms with Crippen molar-refractivity contribution in [2.45, 2.75) is 19.0 Å². The summed E-state index contributed by atoms with van der Waals surface area (Å²) in [6, 6.07) is 8.45. The van der Waals surface area contributed by atoms with Gasteiger partial charge >= 0.3 is 5.69 Å². The summed E-state index contributed by atoms with van der Waals surface area (Å²) in [5, 5.41) is 17.1. The van der Waals surface area contributed by atoms with Crippen molar-refractivity contribution < 1.29 is 14.4 Å². The van der Waals surface area contributed by atoms with E-state index in [1.165, 1.54) is 28.4 Å². The Balaban J connectivity index is 1.63. The van der Waals surface area contributed by atoms with Crippen LogP contribution in [0.4, 0.5) is 5.69 Å². The number of thiophene rings is 1. The average Bonchev–Trinajstić information content (AvgIpc) is 3.42. The molecule has 1 unspecified atom stereocenters. The third kappa shape index (κ3) is 3.83. The van der Waals surface area contributed by atoms with Crippen LogP contribution in [0.2, 0.25) is 0 Å². The van der Waals surface area contributed by atoms with Gasteiger partial charge in [0.25, 0.3) is 0 Å². The van der Waals surface area contributed by atoms with Gasteiger partial charge in [-0.3, -0.25) is 19.7 Å². The van der Waals surface area contributed by atoms with E-state index in [4.69, 9.17) is 9.47 Å². The van der Waals surface area contributed by atoms with Gasteiger partial charge in [0.05, 0.1) is 31.7 Å². The zero-order valence-corrected chi connectivity index (χ0v) is 17.1. The van der Waals surface area contributed by atoms with Gasteiger partial charge in [-0.25, -0.2) is 0 Å². The van der Waals surface area contributed by atoms with Crippen molar-refractivity contribution >= 4 is 17.0 Å². The molecule has 0 fully saturated rings. The van der Waals surface area contributed by atoms with Crippen molar-refractivity contribution in [1.82, 2.24) is 14.7 Å². The molecule has 0 saturated carbocycles. The fourth-order valence-corrected chi connectivity index (χ4v) is 4.70. The van der Waals surface area contributed by atoms with Crippen molar-refractivity contribution in [2.75, 3.05) is 27.3 Å². The highest BCUT2D eigenvalue weighted by Gasteiger charge is 2.31. The Morgan fingerprint density at radius 3 is 2.72 bits per heavy atom. The normalized spacial score (nSPS) is 16.4. The molecule has 0 bridgehead atoms. The van der Waals surface area contributed by atoms with Crippen LogP contribution in [0.5, 0.6) is 11.5 Å². The molecule has 0 N–H and O–H groups in total. The Labute approximate surface area is 172 Å². The lowest BCUT2D eigenvalue weighted by Gasteiger charge is -2.37. The van der Waals surface area contributed by atoms with Gasteiger partial charge in [0.15, 0.2) is 11.5 Å². The molecule has 0 spiro atoms. The van der Waals surface area contributed by atoms with E-state index < -0.39 is 4.92 Å². The summed E-state index contributed by atoms with van der Waals surface area (Å²) in [4.78, 5) is 14.1. The number of nitro groups is 1. The van der Waals surface area contributed by atoms with Gasteiger partial charge in [-0.15, -0.1) is 11.3 Å². The minimum atomic E-state index is -0.422. The number of hydrogen-bond acceptors (Lipinski definition) is 7. The zero-order valence-electron chi connectivity index (χ0n) is 16.3. The first-order valence-electron chi connectivity index (χ1n) is 9.29. The molecule has 1 aliphatic rings. The summed E-state index contributed by atoms with van der Waals surface area (Å²) in [5.41, 5.74) is 2.48. The molecule has 152 valence electrons. The lowest BCUT2D eigenvalue weighted by atomic mass is 9.91. The van der Waals surface area contributed by atoms with Crippen molar-refractivity contribution in [3.05, 3.63) is 68.2 Å². The second-order valence-corrected chi connectivity index (χ2v) is 7.81. The molecule has 0 amide bonds. The van der Waals surface area contributed by atoms with Crippen molar-refractivity contribution in [3.63, 3.8) is 0 Å². The van der Waals surface area contributed by atoms with Gasteiger partial charge in [-0.2, -0.15) is 5.10 Å². The summed E-state index contributed by atoms with van der Waals surface area (Å²) in [6.07, 6.45) is 3.67. The molecule has 3 aromatic rings. The van der Waals surface area contributed by atoms with Crippen LogP contribution in [-0.2, 0) is 13.0 Å². The Bertz CT molecular complexity index is 1000. The Hall–Kier alpha value is -2.91. The molecule has 0 saturated heterocycles. The minimum Gasteiger partial charge on any atom is -0.493 e. The molecule has 2 aromatic heterocycles. The van der Waals surface area contributed by atoms with Crippen molar-refractivity contribution in [3.8, 4) is 11.5 Å². The standard InChI is InChI=1S/C20H22N4O4S/c1-27-17-10-14-5-6-22(7-8-23-13-15(12-21-23)24(25)26)20(19-4-3-9-29-19)16(14)11-18(17)28-2/h3-4,9-13,20H,5-8H2,1-2H3. The van der Waals surface area contributed by atoms with Crippen LogP contribution in [0.3, 0.4) is 0 Å². The summed E-state index contributed by atoms with van der Waals surface area (Å²) in [6.45, 7) is 2.20. The third-order valence-corrected chi connectivity index (χ3v) is 6.16. The van der Waals surface area contributed by atoms with Crippen LogP contribution in [0.15, 0.2) is 42.0 Å². The van der Waals surface area contributed by atoms with Gasteiger partial charge < -0.3 is 9.47 Å². The van der Waals surface area contributed by atoms with Gasteiger partial charge in [-0.1, -0.05) is 6.07 Å². The van der Waals surface area contributed by atoms with E-state index >= 15 is 0 Å². The van der Waals surface area contributed by atoms with Crippen molar-refractivity contribution in [1.29, 1.82) is 0 Å². The second kappa shape index (κ2) is 8.22. The van der Waals surface area contributed by atoms with E-state index in [1.54, 1.807) is 30.2 Å². The molecule has 9 heteroatoms. The number of aromatic nitrogens is 2. The number of methoxy groups -OCH3 is 2. The minimum absolute atomic E-state index is 0.0145. The SMILES string of the molecule is COc1cc2c(cc1OC)C(c1cccs1)N(CCn1cc([N+](=O)[O-])cn1)CC2. The van der Waals surface area contributed by atoms with E-state index in [2.05, 4.69) is 39.6 Å². The molecular formula is C20H22N4O4S. The van der Waals surface area contributed by atoms with Crippen LogP contribution in [-0.4, -0.2) is 46.9 Å². The van der Waals surface area contributed by atoms with Gasteiger partial charge in [0, 0.05) is 18.0 Å². The number of ether oxygens (including phenoxy) is 2. The zero-order chi connectivity index (χ0) is 20.4. The first-order valence-corrected chi connectivity index (χ1v) is 10.2. The van der Waals surface area contributed by atoms with E-state index in [9.17, 15) is 10.1 Å². The highest BCUT2D eigenvalue weighted by Crippen LogP contribution is 2.42. The quantitative estimate of drug-likeness (QED) is 0.435. The van der Waals surface area contributed by atoms with Crippen molar-refractivity contribution in [2.24, 2.45) is 0 Å². The average molecular weight is 414 g/mol. The Morgan fingerprint density at radius 2 is 2.07 bits per heavy atom. The molecule has 0 radical (unpaired) electrons. The van der Waals surface area contributed by atoms with E-state index in [-0.39, 0.29) is 11.7 Å². The smallest absolute Gasteiger partial charge is 0.306 e. The summed E-state index contributed by atoms with van der Waals surface area (Å²) in [5.74, 6) is 1.46. The largest absolute Gasteiger partial charge is 0.493 e. The maximum absolute atomic E-state index is 10.9. The molecule has 8 nitrogen and oxygen atoms in total. The molecule has 1 atom stereocenters. The topological polar surface area (TPSA) is 82.7 Å². The van der Waals surface area contributed by atoms with E-state index in [1.807, 2.05) is 0 Å². The van der Waals surface area contributed by atoms with Crippen LogP contribution in [0.25, 0.3) is 0 Å². The predicted octanol–water partition coefficient (Wildman–Crippen LogP) is 3.52. The number of rotatable bonds is 7. The van der Waals surface area contributed by atoms with E-state index in [0.29, 0.717) is 6.54 Å². The first-order chi connectivity index (χ1) is 14.1. The predicted molar refractivity (Wildman–Crippen MR) is 110 cm³/mol. The second-order valence-electron chi connectivity index (χ2n) is 6.83. The fraction of sp³-hybridized carbons (Fsp3) is 0.350. The Kier molecular flexibility index (Phi) is 5.50. The fourth-order valence-electron chi connectivity index (χ4n) is 3.82. The number of fused-ring (bicyclic) bond motifs is 1. The van der Waals surface area contributed by atoms with E-state index in [0.717, 1.165) is 31.0 Å². The van der Waals surface area contributed by atoms with Crippen LogP contribution >= 0.6 is 11.3 Å². The molecule has 4 rings (SSSR count). The highest BCUT2D eigenvalue weighted by molar-refractivity contribution is 7.10. The maximum atomic E-state index is 10.9. The molecular weight excluding hydrogens is 392 g/mol. The summed E-state index contributed by atoms with van der Waals surface area (Å²) in [7, 11) is 3.30. The van der Waals surface area contributed by atoms with Crippen LogP contribution in [0.1, 0.15) is 22.0 Å². The summed E-state index contributed by atoms with van der Waals surface area (Å²) >= 11 is 1.72. The Morgan fingerprint density at radius 1 is 1.28 bits per heavy atom. The van der Waals surface area contributed by atoms with Crippen LogP contribution < -0.4 is 9.47 Å². The monoisotopic (exact) mass is 414 g/mol. The molecule has 3 heterocycles. The van der Waals surface area contributed by atoms with Gasteiger partial charge in [-0.05, 0) is 41.1 Å². The maximum Gasteiger partial charge on any atom is 0.306 e. The van der Waals surface area contributed by atoms with Gasteiger partial charge in [0.2, 0.25) is 0 Å². The van der Waals surface area contributed by atoms with Crippen LogP contribution in [0, 0.1) is 10.1 Å². The number of nitrogens with zero attached hydrogens (tertiary/aromatic N) is 4. The lowest BCUT2D eigenvalue weighted by molar-refractivity contribution is -0.385. The third-order valence-electron chi connectivity index (χ3n) is 5.23. The number of hydrogen-bond donors (Lipinski definition) is 0. The highest BCUT2D eigenvalue weighted by atomic mass is 32.1. The summed E-state index contributed by atoms with van der Waals surface area (Å²) < 4.78 is 12.7. The first kappa shape index (κ1) is 19.4. The number of benzene rings is 1.